The normalized spacial score (nSPS) is 25.2. The maximum atomic E-state index is 13.2. The molecule has 2 fully saturated rings. The van der Waals surface area contributed by atoms with Crippen molar-refractivity contribution in [2.75, 3.05) is 13.1 Å². The largest absolute Gasteiger partial charge is 0.508 e. The summed E-state index contributed by atoms with van der Waals surface area (Å²) in [6.07, 6.45) is 5.39. The van der Waals surface area contributed by atoms with E-state index in [9.17, 15) is 19.8 Å². The lowest BCUT2D eigenvalue weighted by Crippen LogP contribution is -2.60. The van der Waals surface area contributed by atoms with E-state index in [1.54, 1.807) is 25.1 Å². The number of phenolic OH excluding ortho intramolecular Hbond substituents is 1. The summed E-state index contributed by atoms with van der Waals surface area (Å²) in [5, 5.41) is 27.2. The Morgan fingerprint density at radius 3 is 2.50 bits per heavy atom. The predicted octanol–water partition coefficient (Wildman–Crippen LogP) is 3.37. The number of nitrogens with one attached hydrogen (secondary N) is 2. The van der Waals surface area contributed by atoms with E-state index in [4.69, 9.17) is 0 Å². The van der Waals surface area contributed by atoms with Gasteiger partial charge in [-0.3, -0.25) is 14.5 Å². The Balaban J connectivity index is 1.72. The van der Waals surface area contributed by atoms with Gasteiger partial charge in [0.2, 0.25) is 5.91 Å². The molecule has 3 rings (SSSR count). The molecular weight excluding hydrogens is 430 g/mol. The highest BCUT2D eigenvalue weighted by atomic mass is 16.3. The van der Waals surface area contributed by atoms with Gasteiger partial charge >= 0.3 is 0 Å². The van der Waals surface area contributed by atoms with E-state index in [0.717, 1.165) is 13.0 Å². The van der Waals surface area contributed by atoms with Crippen molar-refractivity contribution in [2.45, 2.75) is 96.9 Å². The number of aromatic hydroxyl groups is 1. The van der Waals surface area contributed by atoms with Crippen LogP contribution in [0.3, 0.4) is 0 Å². The molecule has 1 aliphatic heterocycles. The van der Waals surface area contributed by atoms with Crippen LogP contribution in [0.25, 0.3) is 0 Å². The molecule has 5 atom stereocenters. The van der Waals surface area contributed by atoms with Gasteiger partial charge in [-0.25, -0.2) is 0 Å². The molecule has 1 aliphatic carbocycles. The maximum Gasteiger partial charge on any atom is 0.251 e. The number of carbonyl (C=O) groups excluding carboxylic acids is 2. The third-order valence-corrected chi connectivity index (χ3v) is 7.50. The van der Waals surface area contributed by atoms with E-state index in [1.807, 2.05) is 27.7 Å². The highest BCUT2D eigenvalue weighted by Crippen LogP contribution is 2.39. The van der Waals surface area contributed by atoms with Crippen molar-refractivity contribution in [1.29, 1.82) is 0 Å². The minimum Gasteiger partial charge on any atom is -0.508 e. The second kappa shape index (κ2) is 11.1. The maximum absolute atomic E-state index is 13.2. The number of hydrogen-bond donors (Lipinski definition) is 4. The van der Waals surface area contributed by atoms with Crippen molar-refractivity contribution in [3.8, 4) is 5.75 Å². The van der Waals surface area contributed by atoms with Gasteiger partial charge in [0.1, 0.15) is 5.75 Å². The fraction of sp³-hybridized carbons (Fsp3) is 0.704. The van der Waals surface area contributed by atoms with Gasteiger partial charge in [0.05, 0.1) is 18.2 Å². The van der Waals surface area contributed by atoms with Crippen LogP contribution < -0.4 is 10.6 Å². The van der Waals surface area contributed by atoms with Gasteiger partial charge in [-0.1, -0.05) is 32.3 Å². The molecule has 5 unspecified atom stereocenters. The number of carbonyl (C=O) groups is 2. The standard InChI is InChI=1S/C27H43N3O4/c1-6-21(28-25(33)20-12-9-13-23(31)17(20)2)24(32)16-30-15-19-11-8-7-10-18(19)14-22(30)26(34)29-27(3,4)5/h9,12-13,18-19,21-22,24,31-32H,6-8,10-11,14-16H2,1-5H3,(H,28,33)(H,29,34). The molecule has 1 heterocycles. The topological polar surface area (TPSA) is 102 Å². The second-order valence-electron chi connectivity index (χ2n) is 11.3. The fourth-order valence-corrected chi connectivity index (χ4v) is 5.58. The Hall–Kier alpha value is -2.12. The molecule has 1 saturated heterocycles. The number of aliphatic hydroxyl groups excluding tert-OH is 1. The van der Waals surface area contributed by atoms with Crippen LogP contribution in [0.15, 0.2) is 18.2 Å². The number of likely N-dealkylation sites (tertiary alicyclic amines) is 1. The first-order valence-corrected chi connectivity index (χ1v) is 12.8. The molecule has 1 aromatic rings. The lowest BCUT2D eigenvalue weighted by molar-refractivity contribution is -0.132. The highest BCUT2D eigenvalue weighted by molar-refractivity contribution is 5.96. The monoisotopic (exact) mass is 473 g/mol. The lowest BCUT2D eigenvalue weighted by Gasteiger charge is -2.47. The smallest absolute Gasteiger partial charge is 0.251 e. The molecule has 2 amide bonds. The van der Waals surface area contributed by atoms with Crippen molar-refractivity contribution < 1.29 is 19.8 Å². The van der Waals surface area contributed by atoms with E-state index >= 15 is 0 Å². The van der Waals surface area contributed by atoms with E-state index in [0.29, 0.717) is 35.9 Å². The first kappa shape index (κ1) is 26.5. The zero-order valence-electron chi connectivity index (χ0n) is 21.4. The average molecular weight is 474 g/mol. The SMILES string of the molecule is CCC(NC(=O)c1cccc(O)c1C)C(O)CN1CC2CCCCC2CC1C(=O)NC(C)(C)C. The Labute approximate surface area is 204 Å². The zero-order valence-corrected chi connectivity index (χ0v) is 21.4. The second-order valence-corrected chi connectivity index (χ2v) is 11.3. The Morgan fingerprint density at radius 1 is 1.18 bits per heavy atom. The van der Waals surface area contributed by atoms with Crippen LogP contribution in [-0.2, 0) is 4.79 Å². The number of nitrogens with zero attached hydrogens (tertiary/aromatic N) is 1. The number of aliphatic hydroxyl groups is 1. The molecule has 190 valence electrons. The molecule has 1 aromatic carbocycles. The van der Waals surface area contributed by atoms with Gasteiger partial charge in [-0.15, -0.1) is 0 Å². The van der Waals surface area contributed by atoms with Gasteiger partial charge in [-0.2, -0.15) is 0 Å². The summed E-state index contributed by atoms with van der Waals surface area (Å²) in [7, 11) is 0. The Bertz CT molecular complexity index is 866. The molecular formula is C27H43N3O4. The number of phenols is 1. The van der Waals surface area contributed by atoms with Crippen LogP contribution >= 0.6 is 0 Å². The van der Waals surface area contributed by atoms with Crippen LogP contribution in [0.5, 0.6) is 5.75 Å². The van der Waals surface area contributed by atoms with Crippen molar-refractivity contribution in [3.05, 3.63) is 29.3 Å². The van der Waals surface area contributed by atoms with E-state index in [2.05, 4.69) is 15.5 Å². The van der Waals surface area contributed by atoms with Crippen LogP contribution in [0.2, 0.25) is 0 Å². The van der Waals surface area contributed by atoms with Crippen LogP contribution in [0.4, 0.5) is 0 Å². The quantitative estimate of drug-likeness (QED) is 0.486. The number of hydrogen-bond acceptors (Lipinski definition) is 5. The van der Waals surface area contributed by atoms with Crippen molar-refractivity contribution in [3.63, 3.8) is 0 Å². The van der Waals surface area contributed by atoms with Crippen LogP contribution in [0, 0.1) is 18.8 Å². The molecule has 7 nitrogen and oxygen atoms in total. The van der Waals surface area contributed by atoms with Gasteiger partial charge in [0.15, 0.2) is 0 Å². The van der Waals surface area contributed by atoms with Gasteiger partial charge < -0.3 is 20.8 Å². The number of β-amino-alcohol motifs (C(OH)–C–C–N with tert-alkyl or cyclic N) is 1. The minimum absolute atomic E-state index is 0.0243. The summed E-state index contributed by atoms with van der Waals surface area (Å²) in [5.41, 5.74) is 0.600. The summed E-state index contributed by atoms with van der Waals surface area (Å²) >= 11 is 0. The number of fused-ring (bicyclic) bond motifs is 1. The molecule has 1 saturated carbocycles. The molecule has 0 radical (unpaired) electrons. The first-order chi connectivity index (χ1) is 16.0. The third-order valence-electron chi connectivity index (χ3n) is 7.50. The molecule has 7 heteroatoms. The van der Waals surface area contributed by atoms with E-state index in [-0.39, 0.29) is 29.1 Å². The molecule has 34 heavy (non-hydrogen) atoms. The summed E-state index contributed by atoms with van der Waals surface area (Å²) in [6, 6.07) is 4.14. The first-order valence-electron chi connectivity index (χ1n) is 12.8. The highest BCUT2D eigenvalue weighted by Gasteiger charge is 2.41. The third kappa shape index (κ3) is 6.51. The Morgan fingerprint density at radius 2 is 1.85 bits per heavy atom. The van der Waals surface area contributed by atoms with E-state index in [1.165, 1.54) is 25.7 Å². The average Bonchev–Trinajstić information content (AvgIpc) is 2.77. The molecule has 4 N–H and O–H groups in total. The van der Waals surface area contributed by atoms with Gasteiger partial charge in [0.25, 0.3) is 5.91 Å². The van der Waals surface area contributed by atoms with Crippen molar-refractivity contribution in [1.82, 2.24) is 15.5 Å². The lowest BCUT2D eigenvalue weighted by atomic mass is 9.72. The predicted molar refractivity (Wildman–Crippen MR) is 134 cm³/mol. The number of amides is 2. The van der Waals surface area contributed by atoms with Crippen molar-refractivity contribution >= 4 is 11.8 Å². The molecule has 0 bridgehead atoms. The molecule has 0 aromatic heterocycles. The van der Waals surface area contributed by atoms with Gasteiger partial charge in [0, 0.05) is 29.8 Å². The summed E-state index contributed by atoms with van der Waals surface area (Å²) < 4.78 is 0. The number of benzene rings is 1. The van der Waals surface area contributed by atoms with Crippen LogP contribution in [-0.4, -0.2) is 63.7 Å². The Kier molecular flexibility index (Phi) is 8.63. The molecule has 2 aliphatic rings. The fourth-order valence-electron chi connectivity index (χ4n) is 5.58. The van der Waals surface area contributed by atoms with Crippen molar-refractivity contribution in [2.24, 2.45) is 11.8 Å². The number of piperidine rings is 1. The van der Waals surface area contributed by atoms with Gasteiger partial charge in [-0.05, 0) is 70.9 Å². The van der Waals surface area contributed by atoms with Crippen LogP contribution in [0.1, 0.15) is 82.1 Å². The van der Waals surface area contributed by atoms with E-state index < -0.39 is 12.1 Å². The zero-order chi connectivity index (χ0) is 25.0. The number of rotatable bonds is 7. The summed E-state index contributed by atoms with van der Waals surface area (Å²) in [5.74, 6) is 0.908. The minimum atomic E-state index is -0.809. The summed E-state index contributed by atoms with van der Waals surface area (Å²) in [6.45, 7) is 10.7. The summed E-state index contributed by atoms with van der Waals surface area (Å²) in [4.78, 5) is 28.3. The molecule has 0 spiro atoms.